The number of hydrogen-bond donors (Lipinski definition) is 5. The number of amides is 1. The molecule has 0 fully saturated rings. The molecule has 19 heavy (non-hydrogen) atoms. The molecule has 0 saturated heterocycles. The van der Waals surface area contributed by atoms with Crippen molar-refractivity contribution < 1.29 is 19.4 Å². The fourth-order valence-electron chi connectivity index (χ4n) is 1.40. The van der Waals surface area contributed by atoms with Crippen molar-refractivity contribution in [3.05, 3.63) is 17.7 Å². The van der Waals surface area contributed by atoms with Crippen molar-refractivity contribution in [3.63, 3.8) is 0 Å². The summed E-state index contributed by atoms with van der Waals surface area (Å²) < 4.78 is 4.50. The summed E-state index contributed by atoms with van der Waals surface area (Å²) in [5, 5.41) is 21.8. The quantitative estimate of drug-likeness (QED) is 0.233. The largest absolute Gasteiger partial charge is 0.507 e. The fraction of sp³-hybridized carbons (Fsp3) is 0.182. The number of anilines is 2. The van der Waals surface area contributed by atoms with Gasteiger partial charge in [0.2, 0.25) is 5.91 Å². The number of phenols is 1. The van der Waals surface area contributed by atoms with E-state index in [4.69, 9.17) is 11.1 Å². The summed E-state index contributed by atoms with van der Waals surface area (Å²) in [6.45, 7) is 1.28. The van der Waals surface area contributed by atoms with E-state index in [0.29, 0.717) is 0 Å². The number of rotatable bonds is 3. The van der Waals surface area contributed by atoms with E-state index in [1.54, 1.807) is 0 Å². The third-order valence-corrected chi connectivity index (χ3v) is 2.12. The minimum atomic E-state index is -0.751. The molecule has 8 heteroatoms. The lowest BCUT2D eigenvalue weighted by Crippen LogP contribution is -2.22. The van der Waals surface area contributed by atoms with Crippen LogP contribution in [-0.4, -0.2) is 30.1 Å². The van der Waals surface area contributed by atoms with Gasteiger partial charge >= 0.3 is 5.97 Å². The van der Waals surface area contributed by atoms with Crippen molar-refractivity contribution in [2.24, 2.45) is 5.73 Å². The van der Waals surface area contributed by atoms with E-state index in [-0.39, 0.29) is 34.6 Å². The first-order valence-electron chi connectivity index (χ1n) is 5.19. The van der Waals surface area contributed by atoms with Gasteiger partial charge in [-0.25, -0.2) is 4.79 Å². The van der Waals surface area contributed by atoms with Crippen molar-refractivity contribution in [1.82, 2.24) is 0 Å². The molecule has 0 aliphatic heterocycles. The summed E-state index contributed by atoms with van der Waals surface area (Å²) in [6, 6.07) is 2.40. The molecule has 0 aliphatic carbocycles. The number of nitrogens with two attached hydrogens (primary N) is 1. The van der Waals surface area contributed by atoms with Gasteiger partial charge in [0.15, 0.2) is 5.96 Å². The molecular weight excluding hydrogens is 252 g/mol. The van der Waals surface area contributed by atoms with Crippen LogP contribution in [0.2, 0.25) is 0 Å². The Balaban J connectivity index is 3.31. The zero-order valence-corrected chi connectivity index (χ0v) is 10.4. The highest BCUT2D eigenvalue weighted by Gasteiger charge is 2.16. The van der Waals surface area contributed by atoms with Gasteiger partial charge in [-0.3, -0.25) is 10.2 Å². The Labute approximate surface area is 109 Å². The molecule has 1 aromatic rings. The first kappa shape index (κ1) is 14.3. The second kappa shape index (κ2) is 5.71. The van der Waals surface area contributed by atoms with Crippen molar-refractivity contribution in [3.8, 4) is 5.75 Å². The summed E-state index contributed by atoms with van der Waals surface area (Å²) >= 11 is 0. The van der Waals surface area contributed by atoms with E-state index in [1.807, 2.05) is 0 Å². The summed E-state index contributed by atoms with van der Waals surface area (Å²) in [5.74, 6) is -1.87. The van der Waals surface area contributed by atoms with Gasteiger partial charge in [0.1, 0.15) is 11.3 Å². The van der Waals surface area contributed by atoms with Crippen LogP contribution in [0, 0.1) is 5.41 Å². The molecule has 102 valence electrons. The lowest BCUT2D eigenvalue weighted by Gasteiger charge is -2.13. The summed E-state index contributed by atoms with van der Waals surface area (Å²) in [5.41, 5.74) is 5.47. The molecule has 0 unspecified atom stereocenters. The molecule has 0 spiro atoms. The average molecular weight is 266 g/mol. The highest BCUT2D eigenvalue weighted by Crippen LogP contribution is 2.31. The zero-order valence-electron chi connectivity index (χ0n) is 10.4. The Morgan fingerprint density at radius 3 is 2.37 bits per heavy atom. The number of methoxy groups -OCH3 is 1. The number of aromatic hydroxyl groups is 1. The molecule has 0 atom stereocenters. The van der Waals surface area contributed by atoms with Crippen LogP contribution in [0.4, 0.5) is 11.4 Å². The molecule has 1 amide bonds. The second-order valence-electron chi connectivity index (χ2n) is 3.63. The van der Waals surface area contributed by atoms with Crippen molar-refractivity contribution in [2.45, 2.75) is 6.92 Å². The topological polar surface area (TPSA) is 138 Å². The summed E-state index contributed by atoms with van der Waals surface area (Å²) in [4.78, 5) is 22.5. The predicted octanol–water partition coefficient (Wildman–Crippen LogP) is 0.443. The normalized spacial score (nSPS) is 9.58. The molecule has 0 bridgehead atoms. The van der Waals surface area contributed by atoms with Gasteiger partial charge in [-0.05, 0) is 6.07 Å². The van der Waals surface area contributed by atoms with Crippen molar-refractivity contribution >= 4 is 29.2 Å². The SMILES string of the molecule is COC(=O)c1cc(NC(=N)N)c(NC(C)=O)cc1O. The van der Waals surface area contributed by atoms with Crippen LogP contribution >= 0.6 is 0 Å². The minimum absolute atomic E-state index is 0.111. The number of ether oxygens (including phenoxy) is 1. The zero-order chi connectivity index (χ0) is 14.6. The standard InChI is InChI=1S/C11H14N4O4/c1-5(16)14-8-4-9(17)6(10(18)19-2)3-7(8)15-11(12)13/h3-4,17H,1-2H3,(H,14,16)(H4,12,13,15). The van der Waals surface area contributed by atoms with E-state index < -0.39 is 5.97 Å². The Morgan fingerprint density at radius 1 is 1.32 bits per heavy atom. The van der Waals surface area contributed by atoms with Gasteiger partial charge in [-0.2, -0.15) is 0 Å². The van der Waals surface area contributed by atoms with E-state index in [9.17, 15) is 14.7 Å². The smallest absolute Gasteiger partial charge is 0.341 e. The molecular formula is C11H14N4O4. The van der Waals surface area contributed by atoms with Crippen molar-refractivity contribution in [1.29, 1.82) is 5.41 Å². The monoisotopic (exact) mass is 266 g/mol. The maximum Gasteiger partial charge on any atom is 0.341 e. The Bertz CT molecular complexity index is 542. The van der Waals surface area contributed by atoms with Crippen LogP contribution in [0.25, 0.3) is 0 Å². The molecule has 0 radical (unpaired) electrons. The molecule has 0 aliphatic rings. The number of carbonyl (C=O) groups is 2. The van der Waals surface area contributed by atoms with Gasteiger partial charge < -0.3 is 26.2 Å². The number of benzene rings is 1. The predicted molar refractivity (Wildman–Crippen MR) is 69.3 cm³/mol. The third-order valence-electron chi connectivity index (χ3n) is 2.12. The van der Waals surface area contributed by atoms with Crippen molar-refractivity contribution in [2.75, 3.05) is 17.7 Å². The van der Waals surface area contributed by atoms with Crippen LogP contribution in [0.5, 0.6) is 5.75 Å². The van der Waals surface area contributed by atoms with E-state index in [0.717, 1.165) is 0 Å². The molecule has 1 rings (SSSR count). The number of guanidine groups is 1. The third kappa shape index (κ3) is 3.60. The van der Waals surface area contributed by atoms with Gasteiger partial charge in [-0.1, -0.05) is 0 Å². The lowest BCUT2D eigenvalue weighted by atomic mass is 10.1. The van der Waals surface area contributed by atoms with Gasteiger partial charge in [0.05, 0.1) is 18.5 Å². The molecule has 0 heterocycles. The second-order valence-corrected chi connectivity index (χ2v) is 3.63. The minimum Gasteiger partial charge on any atom is -0.507 e. The molecule has 6 N–H and O–H groups in total. The number of phenolic OH excluding ortho intramolecular Hbond substituents is 1. The van der Waals surface area contributed by atoms with Crippen LogP contribution in [0.1, 0.15) is 17.3 Å². The van der Waals surface area contributed by atoms with Gasteiger partial charge in [-0.15, -0.1) is 0 Å². The highest BCUT2D eigenvalue weighted by molar-refractivity contribution is 6.02. The molecule has 0 aromatic heterocycles. The van der Waals surface area contributed by atoms with Crippen LogP contribution in [-0.2, 0) is 9.53 Å². The Morgan fingerprint density at radius 2 is 1.89 bits per heavy atom. The maximum atomic E-state index is 11.4. The molecule has 1 aromatic carbocycles. The Kier molecular flexibility index (Phi) is 4.30. The number of carbonyl (C=O) groups excluding carboxylic acids is 2. The average Bonchev–Trinajstić information content (AvgIpc) is 2.30. The van der Waals surface area contributed by atoms with Crippen LogP contribution in [0.15, 0.2) is 12.1 Å². The molecule has 8 nitrogen and oxygen atoms in total. The van der Waals surface area contributed by atoms with E-state index >= 15 is 0 Å². The van der Waals surface area contributed by atoms with Crippen LogP contribution in [0.3, 0.4) is 0 Å². The van der Waals surface area contributed by atoms with Gasteiger partial charge in [0.25, 0.3) is 0 Å². The number of hydrogen-bond acceptors (Lipinski definition) is 5. The fourth-order valence-corrected chi connectivity index (χ4v) is 1.40. The summed E-state index contributed by atoms with van der Waals surface area (Å²) in [6.07, 6.45) is 0. The lowest BCUT2D eigenvalue weighted by molar-refractivity contribution is -0.114. The van der Waals surface area contributed by atoms with Crippen LogP contribution < -0.4 is 16.4 Å². The summed E-state index contributed by atoms with van der Waals surface area (Å²) in [7, 11) is 1.17. The van der Waals surface area contributed by atoms with E-state index in [2.05, 4.69) is 15.4 Å². The highest BCUT2D eigenvalue weighted by atomic mass is 16.5. The molecule has 0 saturated carbocycles. The maximum absolute atomic E-state index is 11.4. The first-order valence-corrected chi connectivity index (χ1v) is 5.19. The van der Waals surface area contributed by atoms with E-state index in [1.165, 1.54) is 26.2 Å². The van der Waals surface area contributed by atoms with Gasteiger partial charge in [0, 0.05) is 13.0 Å². The number of nitrogens with one attached hydrogen (secondary N) is 3. The Hall–Kier alpha value is -2.77. The first-order chi connectivity index (χ1) is 8.85. The number of esters is 1.